The second kappa shape index (κ2) is 10.8. The predicted molar refractivity (Wildman–Crippen MR) is 135 cm³/mol. The van der Waals surface area contributed by atoms with Crippen LogP contribution in [0.25, 0.3) is 10.8 Å². The van der Waals surface area contributed by atoms with Gasteiger partial charge in [-0.05, 0) is 57.8 Å². The smallest absolute Gasteiger partial charge is 0.244 e. The summed E-state index contributed by atoms with van der Waals surface area (Å²) in [6.07, 6.45) is 1.84. The lowest BCUT2D eigenvalue weighted by atomic mass is 10.0. The fraction of sp³-hybridized carbons (Fsp3) is 0.111. The molecule has 0 saturated heterocycles. The number of fused-ring (bicyclic) bond motifs is 1. The molecule has 1 N–H and O–H groups in total. The molecule has 6 heteroatoms. The second-order valence-electron chi connectivity index (χ2n) is 7.43. The summed E-state index contributed by atoms with van der Waals surface area (Å²) in [6, 6.07) is 27.4. The zero-order chi connectivity index (χ0) is 23.0. The Kier molecular flexibility index (Phi) is 7.37. The van der Waals surface area contributed by atoms with E-state index in [0.717, 1.165) is 31.9 Å². The average molecular weight is 503 g/mol. The van der Waals surface area contributed by atoms with E-state index in [9.17, 15) is 4.79 Å². The normalized spacial score (nSPS) is 11.0. The van der Waals surface area contributed by atoms with E-state index in [1.54, 1.807) is 13.3 Å². The molecule has 0 fully saturated rings. The van der Waals surface area contributed by atoms with Crippen LogP contribution in [-0.2, 0) is 17.8 Å². The molecule has 166 valence electrons. The maximum absolute atomic E-state index is 12.4. The van der Waals surface area contributed by atoms with Gasteiger partial charge in [0.25, 0.3) is 0 Å². The summed E-state index contributed by atoms with van der Waals surface area (Å²) in [5.41, 5.74) is 5.41. The summed E-state index contributed by atoms with van der Waals surface area (Å²) in [5.74, 6) is 1.06. The predicted octanol–water partition coefficient (Wildman–Crippen LogP) is 5.88. The van der Waals surface area contributed by atoms with Crippen LogP contribution in [0.5, 0.6) is 11.5 Å². The minimum absolute atomic E-state index is 0.177. The van der Waals surface area contributed by atoms with E-state index in [1.165, 1.54) is 0 Å². The van der Waals surface area contributed by atoms with Crippen molar-refractivity contribution in [1.82, 2.24) is 5.43 Å². The monoisotopic (exact) mass is 502 g/mol. The van der Waals surface area contributed by atoms with Gasteiger partial charge in [-0.3, -0.25) is 4.79 Å². The van der Waals surface area contributed by atoms with Crippen LogP contribution >= 0.6 is 15.9 Å². The standard InChI is InChI=1S/C27H23BrN2O3/c1-32-26-15-20(11-14-25(26)33-18-19-9-12-23(28)13-10-19)17-29-30-27(31)16-22-7-4-6-21-5-2-3-8-24(21)22/h2-15,17H,16,18H2,1H3,(H,30,31)/b29-17-. The summed E-state index contributed by atoms with van der Waals surface area (Å²) in [4.78, 5) is 12.4. The number of carbonyl (C=O) groups excluding carboxylic acids is 1. The molecular formula is C27H23BrN2O3. The van der Waals surface area contributed by atoms with Crippen molar-refractivity contribution in [2.45, 2.75) is 13.0 Å². The van der Waals surface area contributed by atoms with Crippen LogP contribution in [0, 0.1) is 0 Å². The largest absolute Gasteiger partial charge is 0.493 e. The number of amides is 1. The van der Waals surface area contributed by atoms with Crippen molar-refractivity contribution in [3.8, 4) is 11.5 Å². The van der Waals surface area contributed by atoms with Crippen LogP contribution in [0.3, 0.4) is 0 Å². The molecule has 4 rings (SSSR count). The van der Waals surface area contributed by atoms with E-state index >= 15 is 0 Å². The Bertz CT molecular complexity index is 1280. The SMILES string of the molecule is COc1cc(/C=N\NC(=O)Cc2cccc3ccccc23)ccc1OCc1ccc(Br)cc1. The lowest BCUT2D eigenvalue weighted by Crippen LogP contribution is -2.19. The molecular weight excluding hydrogens is 480 g/mol. The van der Waals surface area contributed by atoms with Gasteiger partial charge in [0.05, 0.1) is 19.7 Å². The third-order valence-electron chi connectivity index (χ3n) is 5.13. The van der Waals surface area contributed by atoms with Crippen LogP contribution in [0.15, 0.2) is 94.5 Å². The average Bonchev–Trinajstić information content (AvgIpc) is 2.84. The van der Waals surface area contributed by atoms with Gasteiger partial charge < -0.3 is 9.47 Å². The Hall–Kier alpha value is -3.64. The number of hydrogen-bond acceptors (Lipinski definition) is 4. The molecule has 4 aromatic carbocycles. The minimum Gasteiger partial charge on any atom is -0.493 e. The first kappa shape index (κ1) is 22.6. The number of hydrazone groups is 1. The number of ether oxygens (including phenoxy) is 2. The van der Waals surface area contributed by atoms with Gasteiger partial charge in [-0.25, -0.2) is 5.43 Å². The summed E-state index contributed by atoms with van der Waals surface area (Å²) in [7, 11) is 1.59. The van der Waals surface area contributed by atoms with Crippen molar-refractivity contribution in [1.29, 1.82) is 0 Å². The van der Waals surface area contributed by atoms with Crippen molar-refractivity contribution in [3.63, 3.8) is 0 Å². The molecule has 0 saturated carbocycles. The number of halogens is 1. The van der Waals surface area contributed by atoms with Crippen LogP contribution in [0.4, 0.5) is 0 Å². The van der Waals surface area contributed by atoms with E-state index in [4.69, 9.17) is 9.47 Å². The number of benzene rings is 4. The highest BCUT2D eigenvalue weighted by molar-refractivity contribution is 9.10. The molecule has 0 bridgehead atoms. The minimum atomic E-state index is -0.177. The van der Waals surface area contributed by atoms with Gasteiger partial charge in [0.1, 0.15) is 6.61 Å². The fourth-order valence-electron chi connectivity index (χ4n) is 3.46. The molecule has 0 radical (unpaired) electrons. The molecule has 0 heterocycles. The van der Waals surface area contributed by atoms with E-state index in [1.807, 2.05) is 84.9 Å². The summed E-state index contributed by atoms with van der Waals surface area (Å²) < 4.78 is 12.4. The maximum atomic E-state index is 12.4. The molecule has 0 spiro atoms. The Morgan fingerprint density at radius 2 is 1.76 bits per heavy atom. The van der Waals surface area contributed by atoms with Gasteiger partial charge in [-0.2, -0.15) is 5.10 Å². The number of nitrogens with zero attached hydrogens (tertiary/aromatic N) is 1. The molecule has 1 amide bonds. The maximum Gasteiger partial charge on any atom is 0.244 e. The van der Waals surface area contributed by atoms with Crippen LogP contribution in [-0.4, -0.2) is 19.2 Å². The molecule has 5 nitrogen and oxygen atoms in total. The van der Waals surface area contributed by atoms with Gasteiger partial charge in [0.2, 0.25) is 5.91 Å². The highest BCUT2D eigenvalue weighted by Gasteiger charge is 2.08. The second-order valence-corrected chi connectivity index (χ2v) is 8.35. The summed E-state index contributed by atoms with van der Waals surface area (Å²) >= 11 is 3.43. The molecule has 0 aliphatic rings. The number of methoxy groups -OCH3 is 1. The fourth-order valence-corrected chi connectivity index (χ4v) is 3.73. The molecule has 0 aliphatic heterocycles. The van der Waals surface area contributed by atoms with Gasteiger partial charge in [0, 0.05) is 4.47 Å². The van der Waals surface area contributed by atoms with E-state index in [-0.39, 0.29) is 12.3 Å². The van der Waals surface area contributed by atoms with E-state index in [0.29, 0.717) is 18.1 Å². The molecule has 0 atom stereocenters. The first-order valence-electron chi connectivity index (χ1n) is 10.5. The Morgan fingerprint density at radius 1 is 0.970 bits per heavy atom. The van der Waals surface area contributed by atoms with Crippen molar-refractivity contribution < 1.29 is 14.3 Å². The Morgan fingerprint density at radius 3 is 2.58 bits per heavy atom. The van der Waals surface area contributed by atoms with Crippen molar-refractivity contribution in [2.24, 2.45) is 5.10 Å². The summed E-state index contributed by atoms with van der Waals surface area (Å²) in [5, 5.41) is 6.28. The van der Waals surface area contributed by atoms with Gasteiger partial charge in [-0.1, -0.05) is 70.5 Å². The number of hydrogen-bond donors (Lipinski definition) is 1. The van der Waals surface area contributed by atoms with Crippen molar-refractivity contribution in [3.05, 3.63) is 106 Å². The zero-order valence-electron chi connectivity index (χ0n) is 18.1. The van der Waals surface area contributed by atoms with Crippen molar-refractivity contribution in [2.75, 3.05) is 7.11 Å². The van der Waals surface area contributed by atoms with Crippen LogP contribution in [0.1, 0.15) is 16.7 Å². The Labute approximate surface area is 201 Å². The highest BCUT2D eigenvalue weighted by atomic mass is 79.9. The van der Waals surface area contributed by atoms with Gasteiger partial charge >= 0.3 is 0 Å². The lowest BCUT2D eigenvalue weighted by molar-refractivity contribution is -0.120. The van der Waals surface area contributed by atoms with Crippen LogP contribution < -0.4 is 14.9 Å². The number of nitrogens with one attached hydrogen (secondary N) is 1. The first-order chi connectivity index (χ1) is 16.1. The Balaban J connectivity index is 1.36. The zero-order valence-corrected chi connectivity index (χ0v) is 19.7. The third-order valence-corrected chi connectivity index (χ3v) is 5.66. The molecule has 0 aromatic heterocycles. The van der Waals surface area contributed by atoms with E-state index < -0.39 is 0 Å². The van der Waals surface area contributed by atoms with Crippen LogP contribution in [0.2, 0.25) is 0 Å². The lowest BCUT2D eigenvalue weighted by Gasteiger charge is -2.11. The summed E-state index contributed by atoms with van der Waals surface area (Å²) in [6.45, 7) is 0.432. The number of rotatable bonds is 8. The molecule has 33 heavy (non-hydrogen) atoms. The molecule has 0 aliphatic carbocycles. The third kappa shape index (κ3) is 5.99. The topological polar surface area (TPSA) is 59.9 Å². The van der Waals surface area contributed by atoms with Gasteiger partial charge in [-0.15, -0.1) is 0 Å². The highest BCUT2D eigenvalue weighted by Crippen LogP contribution is 2.28. The molecule has 0 unspecified atom stereocenters. The quantitative estimate of drug-likeness (QED) is 0.241. The van der Waals surface area contributed by atoms with Crippen molar-refractivity contribution >= 4 is 38.8 Å². The van der Waals surface area contributed by atoms with Gasteiger partial charge in [0.15, 0.2) is 11.5 Å². The van der Waals surface area contributed by atoms with E-state index in [2.05, 4.69) is 26.5 Å². The first-order valence-corrected chi connectivity index (χ1v) is 11.3. The molecule has 4 aromatic rings. The number of carbonyl (C=O) groups is 1.